The van der Waals surface area contributed by atoms with Crippen LogP contribution >= 0.6 is 0 Å². The molecule has 0 aliphatic heterocycles. The summed E-state index contributed by atoms with van der Waals surface area (Å²) in [6.45, 7) is 6.33. The van der Waals surface area contributed by atoms with Crippen molar-refractivity contribution in [1.29, 1.82) is 0 Å². The van der Waals surface area contributed by atoms with Gasteiger partial charge in [-0.2, -0.15) is 0 Å². The number of hydrogen-bond acceptors (Lipinski definition) is 3. The van der Waals surface area contributed by atoms with Crippen molar-refractivity contribution in [2.24, 2.45) is 7.05 Å². The van der Waals surface area contributed by atoms with Gasteiger partial charge in [0.15, 0.2) is 0 Å². The van der Waals surface area contributed by atoms with Crippen molar-refractivity contribution < 1.29 is 0 Å². The number of nitrogens with two attached hydrogens (primary N) is 1. The van der Waals surface area contributed by atoms with Crippen molar-refractivity contribution in [3.63, 3.8) is 0 Å². The largest absolute Gasteiger partial charge is 0.397 e. The molecule has 2 aromatic carbocycles. The molecule has 108 valence electrons. The van der Waals surface area contributed by atoms with Crippen molar-refractivity contribution in [3.05, 3.63) is 47.0 Å². The zero-order valence-electron chi connectivity index (χ0n) is 12.9. The number of nitrogen functional groups attached to an aromatic ring is 1. The van der Waals surface area contributed by atoms with Crippen LogP contribution in [0.4, 0.5) is 17.3 Å². The molecule has 3 N–H and O–H groups in total. The summed E-state index contributed by atoms with van der Waals surface area (Å²) >= 11 is 0. The molecule has 0 aliphatic carbocycles. The SMILES string of the molecule is Cc1cc(C)c(Nc2nc3cccc(N)c3n2C)c(C)c1. The second kappa shape index (κ2) is 4.81. The molecular weight excluding hydrogens is 260 g/mol. The maximum absolute atomic E-state index is 6.05. The van der Waals surface area contributed by atoms with Crippen molar-refractivity contribution in [3.8, 4) is 0 Å². The summed E-state index contributed by atoms with van der Waals surface area (Å²) in [6.07, 6.45) is 0. The van der Waals surface area contributed by atoms with Crippen LogP contribution in [0.3, 0.4) is 0 Å². The first kappa shape index (κ1) is 13.5. The first-order valence-electron chi connectivity index (χ1n) is 7.03. The van der Waals surface area contributed by atoms with Crippen molar-refractivity contribution >= 4 is 28.4 Å². The van der Waals surface area contributed by atoms with Gasteiger partial charge in [-0.25, -0.2) is 4.98 Å². The van der Waals surface area contributed by atoms with Gasteiger partial charge in [-0.1, -0.05) is 23.8 Å². The predicted molar refractivity (Wildman–Crippen MR) is 89.1 cm³/mol. The second-order valence-electron chi connectivity index (χ2n) is 5.61. The monoisotopic (exact) mass is 280 g/mol. The Kier molecular flexibility index (Phi) is 3.09. The molecule has 0 saturated heterocycles. The summed E-state index contributed by atoms with van der Waals surface area (Å²) in [4.78, 5) is 4.64. The zero-order valence-corrected chi connectivity index (χ0v) is 12.9. The number of para-hydroxylation sites is 1. The van der Waals surface area contributed by atoms with Gasteiger partial charge in [-0.15, -0.1) is 0 Å². The molecule has 0 spiro atoms. The normalized spacial score (nSPS) is 11.0. The van der Waals surface area contributed by atoms with Gasteiger partial charge < -0.3 is 15.6 Å². The Morgan fingerprint density at radius 3 is 2.38 bits per heavy atom. The molecule has 4 nitrogen and oxygen atoms in total. The smallest absolute Gasteiger partial charge is 0.208 e. The molecule has 0 atom stereocenters. The summed E-state index contributed by atoms with van der Waals surface area (Å²) in [5.41, 5.74) is 13.5. The summed E-state index contributed by atoms with van der Waals surface area (Å²) in [5.74, 6) is 0.804. The summed E-state index contributed by atoms with van der Waals surface area (Å²) in [5, 5.41) is 3.45. The summed E-state index contributed by atoms with van der Waals surface area (Å²) < 4.78 is 2.00. The number of anilines is 3. The fourth-order valence-electron chi connectivity index (χ4n) is 2.90. The first-order valence-corrected chi connectivity index (χ1v) is 7.03. The van der Waals surface area contributed by atoms with Crippen molar-refractivity contribution in [2.45, 2.75) is 20.8 Å². The summed E-state index contributed by atoms with van der Waals surface area (Å²) in [7, 11) is 1.98. The molecule has 0 unspecified atom stereocenters. The Morgan fingerprint density at radius 1 is 1.10 bits per heavy atom. The number of nitrogens with one attached hydrogen (secondary N) is 1. The van der Waals surface area contributed by atoms with E-state index in [9.17, 15) is 0 Å². The van der Waals surface area contributed by atoms with E-state index in [4.69, 9.17) is 5.73 Å². The molecular formula is C17H20N4. The van der Waals surface area contributed by atoms with Crippen LogP contribution in [-0.2, 0) is 7.05 Å². The van der Waals surface area contributed by atoms with E-state index in [-0.39, 0.29) is 0 Å². The predicted octanol–water partition coefficient (Wildman–Crippen LogP) is 3.82. The zero-order chi connectivity index (χ0) is 15.1. The third kappa shape index (κ3) is 2.23. The lowest BCUT2D eigenvalue weighted by Gasteiger charge is -2.13. The number of aryl methyl sites for hydroxylation is 4. The topological polar surface area (TPSA) is 55.9 Å². The van der Waals surface area contributed by atoms with Gasteiger partial charge >= 0.3 is 0 Å². The molecule has 21 heavy (non-hydrogen) atoms. The van der Waals surface area contributed by atoms with Crippen LogP contribution < -0.4 is 11.1 Å². The highest BCUT2D eigenvalue weighted by molar-refractivity contribution is 5.90. The Bertz CT molecular complexity index is 807. The number of hydrogen-bond donors (Lipinski definition) is 2. The number of fused-ring (bicyclic) bond motifs is 1. The van der Waals surface area contributed by atoms with Gasteiger partial charge in [0.1, 0.15) is 0 Å². The van der Waals surface area contributed by atoms with Crippen LogP contribution in [0.1, 0.15) is 16.7 Å². The Morgan fingerprint density at radius 2 is 1.76 bits per heavy atom. The van der Waals surface area contributed by atoms with E-state index in [2.05, 4.69) is 43.2 Å². The van der Waals surface area contributed by atoms with Crippen LogP contribution in [0.15, 0.2) is 30.3 Å². The van der Waals surface area contributed by atoms with Gasteiger partial charge in [0, 0.05) is 12.7 Å². The third-order valence-corrected chi connectivity index (χ3v) is 3.84. The Labute approximate surface area is 124 Å². The molecule has 0 fully saturated rings. The quantitative estimate of drug-likeness (QED) is 0.701. The maximum Gasteiger partial charge on any atom is 0.208 e. The maximum atomic E-state index is 6.05. The van der Waals surface area contributed by atoms with Crippen LogP contribution in [-0.4, -0.2) is 9.55 Å². The van der Waals surface area contributed by atoms with Gasteiger partial charge in [-0.05, 0) is 44.0 Å². The molecule has 0 amide bonds. The summed E-state index contributed by atoms with van der Waals surface area (Å²) in [6, 6.07) is 10.2. The van der Waals surface area contributed by atoms with E-state index in [1.165, 1.54) is 16.7 Å². The molecule has 1 aromatic heterocycles. The molecule has 3 rings (SSSR count). The number of benzene rings is 2. The Balaban J connectivity index is 2.11. The minimum Gasteiger partial charge on any atom is -0.397 e. The van der Waals surface area contributed by atoms with Gasteiger partial charge in [-0.3, -0.25) is 0 Å². The van der Waals surface area contributed by atoms with Gasteiger partial charge in [0.05, 0.1) is 16.7 Å². The minimum absolute atomic E-state index is 0.743. The molecule has 4 heteroatoms. The van der Waals surface area contributed by atoms with E-state index in [1.807, 2.05) is 29.8 Å². The minimum atomic E-state index is 0.743. The van der Waals surface area contributed by atoms with E-state index < -0.39 is 0 Å². The number of nitrogens with zero attached hydrogens (tertiary/aromatic N) is 2. The highest BCUT2D eigenvalue weighted by Crippen LogP contribution is 2.29. The molecule has 0 bridgehead atoms. The van der Waals surface area contributed by atoms with E-state index in [0.717, 1.165) is 28.4 Å². The lowest BCUT2D eigenvalue weighted by Crippen LogP contribution is -2.03. The van der Waals surface area contributed by atoms with Crippen LogP contribution in [0.5, 0.6) is 0 Å². The van der Waals surface area contributed by atoms with Gasteiger partial charge in [0.25, 0.3) is 0 Å². The number of rotatable bonds is 2. The number of imidazole rings is 1. The van der Waals surface area contributed by atoms with Crippen LogP contribution in [0, 0.1) is 20.8 Å². The molecule has 3 aromatic rings. The van der Waals surface area contributed by atoms with E-state index in [0.29, 0.717) is 0 Å². The average molecular weight is 280 g/mol. The lowest BCUT2D eigenvalue weighted by molar-refractivity contribution is 0.958. The highest BCUT2D eigenvalue weighted by Gasteiger charge is 2.12. The van der Waals surface area contributed by atoms with Crippen LogP contribution in [0.2, 0.25) is 0 Å². The third-order valence-electron chi connectivity index (χ3n) is 3.84. The van der Waals surface area contributed by atoms with Crippen LogP contribution in [0.25, 0.3) is 11.0 Å². The molecule has 1 heterocycles. The molecule has 0 aliphatic rings. The first-order chi connectivity index (χ1) is 9.97. The number of aromatic nitrogens is 2. The fraction of sp³-hybridized carbons (Fsp3) is 0.235. The second-order valence-corrected chi connectivity index (χ2v) is 5.61. The van der Waals surface area contributed by atoms with E-state index >= 15 is 0 Å². The van der Waals surface area contributed by atoms with Gasteiger partial charge in [0.2, 0.25) is 5.95 Å². The fourth-order valence-corrected chi connectivity index (χ4v) is 2.90. The highest BCUT2D eigenvalue weighted by atomic mass is 15.2. The van der Waals surface area contributed by atoms with Crippen molar-refractivity contribution in [2.75, 3.05) is 11.1 Å². The lowest BCUT2D eigenvalue weighted by atomic mass is 10.1. The standard InChI is InChI=1S/C17H20N4/c1-10-8-11(2)15(12(3)9-10)20-17-19-14-7-5-6-13(18)16(14)21(17)4/h5-9H,18H2,1-4H3,(H,19,20). The Hall–Kier alpha value is -2.49. The molecule has 0 radical (unpaired) electrons. The van der Waals surface area contributed by atoms with E-state index in [1.54, 1.807) is 0 Å². The van der Waals surface area contributed by atoms with Crippen molar-refractivity contribution in [1.82, 2.24) is 9.55 Å². The average Bonchev–Trinajstić information content (AvgIpc) is 2.72. The molecule has 0 saturated carbocycles.